The smallest absolute Gasteiger partial charge is 0.196 e. The molecule has 25 heavy (non-hydrogen) atoms. The third-order valence-electron chi connectivity index (χ3n) is 4.27. The molecule has 0 spiro atoms. The number of hydrogen-bond acceptors (Lipinski definition) is 3. The molecule has 1 heterocycles. The maximum Gasteiger partial charge on any atom is 0.196 e. The molecule has 0 N–H and O–H groups in total. The molecule has 122 valence electrons. The second kappa shape index (κ2) is 6.29. The fourth-order valence-corrected chi connectivity index (χ4v) is 2.82. The summed E-state index contributed by atoms with van der Waals surface area (Å²) in [6.45, 7) is 0. The molecule has 1 aromatic heterocycles. The number of fused-ring (bicyclic) bond motifs is 1. The molecule has 0 fully saturated rings. The third-order valence-corrected chi connectivity index (χ3v) is 4.27. The van der Waals surface area contributed by atoms with E-state index in [1.165, 1.54) is 16.7 Å². The zero-order valence-corrected chi connectivity index (χ0v) is 13.7. The van der Waals surface area contributed by atoms with Crippen LogP contribution in [0.3, 0.4) is 0 Å². The van der Waals surface area contributed by atoms with E-state index in [0.29, 0.717) is 11.1 Å². The molecular weight excluding hydrogens is 312 g/mol. The van der Waals surface area contributed by atoms with Crippen molar-refractivity contribution in [1.29, 1.82) is 0 Å². The van der Waals surface area contributed by atoms with Gasteiger partial charge in [0.2, 0.25) is 0 Å². The maximum absolute atomic E-state index is 12.3. The molecule has 0 saturated heterocycles. The van der Waals surface area contributed by atoms with Crippen LogP contribution in [-0.2, 0) is 0 Å². The maximum atomic E-state index is 12.3. The van der Waals surface area contributed by atoms with Crippen LogP contribution < -0.4 is 4.74 Å². The number of para-hydroxylation sites is 1. The minimum absolute atomic E-state index is 0.00412. The summed E-state index contributed by atoms with van der Waals surface area (Å²) in [5.41, 5.74) is 2.04. The van der Waals surface area contributed by atoms with Crippen LogP contribution in [0.15, 0.2) is 83.5 Å². The van der Waals surface area contributed by atoms with Gasteiger partial charge in [-0.3, -0.25) is 4.79 Å². The third kappa shape index (κ3) is 2.70. The molecule has 0 amide bonds. The van der Waals surface area contributed by atoms with Crippen LogP contribution in [0.4, 0.5) is 0 Å². The van der Waals surface area contributed by atoms with Gasteiger partial charge in [-0.15, -0.1) is 0 Å². The van der Waals surface area contributed by atoms with Gasteiger partial charge in [0.05, 0.1) is 12.7 Å². The Morgan fingerprint density at radius 2 is 1.68 bits per heavy atom. The lowest BCUT2D eigenvalue weighted by Crippen LogP contribution is -1.99. The van der Waals surface area contributed by atoms with Crippen molar-refractivity contribution in [3.05, 3.63) is 101 Å². The van der Waals surface area contributed by atoms with Crippen molar-refractivity contribution < 1.29 is 13.9 Å². The van der Waals surface area contributed by atoms with E-state index in [0.717, 1.165) is 16.7 Å². The van der Waals surface area contributed by atoms with Gasteiger partial charge in [0.25, 0.3) is 0 Å². The van der Waals surface area contributed by atoms with Crippen LogP contribution in [0.25, 0.3) is 11.0 Å². The number of carbonyl (C=O) groups excluding carboxylic acids is 1. The Hall–Kier alpha value is -3.33. The van der Waals surface area contributed by atoms with Gasteiger partial charge in [0.1, 0.15) is 17.6 Å². The first-order chi connectivity index (χ1) is 12.3. The first kappa shape index (κ1) is 15.2. The van der Waals surface area contributed by atoms with E-state index in [9.17, 15) is 4.79 Å². The average Bonchev–Trinajstić information content (AvgIpc) is 3.08. The number of methoxy groups -OCH3 is 1. The van der Waals surface area contributed by atoms with E-state index in [4.69, 9.17) is 9.15 Å². The number of benzene rings is 3. The Morgan fingerprint density at radius 3 is 2.28 bits per heavy atom. The number of ether oxygens (including phenoxy) is 1. The number of ketones is 1. The predicted molar refractivity (Wildman–Crippen MR) is 96.8 cm³/mol. The molecule has 3 aromatic rings. The van der Waals surface area contributed by atoms with Crippen molar-refractivity contribution in [2.24, 2.45) is 0 Å². The summed E-state index contributed by atoms with van der Waals surface area (Å²) in [6, 6.07) is 23.0. The molecule has 0 atom stereocenters. The van der Waals surface area contributed by atoms with Gasteiger partial charge in [-0.2, -0.15) is 0 Å². The SMILES string of the molecule is COc1cc2ccc1=2.O=C(c1ccccc1)c1coc2ccccc12. The van der Waals surface area contributed by atoms with Crippen LogP contribution in [0.2, 0.25) is 0 Å². The quantitative estimate of drug-likeness (QED) is 0.439. The molecule has 3 heteroatoms. The highest BCUT2D eigenvalue weighted by Gasteiger charge is 2.14. The molecule has 2 aliphatic carbocycles. The van der Waals surface area contributed by atoms with Crippen LogP contribution in [0, 0.1) is 10.4 Å². The topological polar surface area (TPSA) is 39.4 Å². The minimum atomic E-state index is -0.00412. The van der Waals surface area contributed by atoms with Crippen molar-refractivity contribution >= 4 is 16.8 Å². The molecule has 0 aliphatic heterocycles. The van der Waals surface area contributed by atoms with E-state index in [1.54, 1.807) is 7.11 Å². The van der Waals surface area contributed by atoms with Crippen LogP contribution in [0.1, 0.15) is 15.9 Å². The predicted octanol–water partition coefficient (Wildman–Crippen LogP) is 4.96. The van der Waals surface area contributed by atoms with Crippen molar-refractivity contribution in [3.8, 4) is 5.75 Å². The molecule has 5 rings (SSSR count). The zero-order chi connectivity index (χ0) is 17.2. The number of hydrogen-bond donors (Lipinski definition) is 0. The van der Waals surface area contributed by atoms with Crippen LogP contribution in [-0.4, -0.2) is 12.9 Å². The number of furan rings is 1. The summed E-state index contributed by atoms with van der Waals surface area (Å²) in [6.07, 6.45) is 1.53. The normalized spacial score (nSPS) is 10.8. The largest absolute Gasteiger partial charge is 0.496 e. The van der Waals surface area contributed by atoms with Crippen molar-refractivity contribution in [3.63, 3.8) is 0 Å². The van der Waals surface area contributed by atoms with Gasteiger partial charge < -0.3 is 9.15 Å². The van der Waals surface area contributed by atoms with Gasteiger partial charge in [-0.25, -0.2) is 0 Å². The molecule has 3 nitrogen and oxygen atoms in total. The Labute approximate surface area is 144 Å². The lowest BCUT2D eigenvalue weighted by molar-refractivity contribution is 0.103. The summed E-state index contributed by atoms with van der Waals surface area (Å²) in [7, 11) is 1.70. The molecule has 0 radical (unpaired) electrons. The lowest BCUT2D eigenvalue weighted by atomic mass is 10.0. The minimum Gasteiger partial charge on any atom is -0.496 e. The molecule has 2 aromatic carbocycles. The monoisotopic (exact) mass is 328 g/mol. The first-order valence-corrected chi connectivity index (χ1v) is 8.02. The Morgan fingerprint density at radius 1 is 0.920 bits per heavy atom. The van der Waals surface area contributed by atoms with Crippen molar-refractivity contribution in [2.45, 2.75) is 0 Å². The van der Waals surface area contributed by atoms with Gasteiger partial charge >= 0.3 is 0 Å². The Bertz CT molecular complexity index is 1140. The highest BCUT2D eigenvalue weighted by molar-refractivity contribution is 6.15. The van der Waals surface area contributed by atoms with Gasteiger partial charge in [0, 0.05) is 16.2 Å². The molecule has 0 saturated carbocycles. The van der Waals surface area contributed by atoms with Gasteiger partial charge in [-0.1, -0.05) is 60.7 Å². The second-order valence-electron chi connectivity index (χ2n) is 5.76. The standard InChI is InChI=1S/C15H10O2.C7H6O/c16-15(11-6-2-1-3-7-11)13-10-17-14-9-5-4-8-12(13)14;1-8-7-4-5-2-3-6(5)7/h1-10H;2-4H,1H3. The molecule has 0 bridgehead atoms. The van der Waals surface area contributed by atoms with E-state index >= 15 is 0 Å². The van der Waals surface area contributed by atoms with Crippen molar-refractivity contribution in [1.82, 2.24) is 0 Å². The van der Waals surface area contributed by atoms with E-state index in [-0.39, 0.29) is 5.78 Å². The van der Waals surface area contributed by atoms with E-state index in [2.05, 4.69) is 12.1 Å². The van der Waals surface area contributed by atoms with Crippen LogP contribution in [0.5, 0.6) is 5.75 Å². The zero-order valence-electron chi connectivity index (χ0n) is 13.7. The Balaban J connectivity index is 0.000000163. The lowest BCUT2D eigenvalue weighted by Gasteiger charge is -2.08. The molecule has 2 aliphatic rings. The average molecular weight is 328 g/mol. The highest BCUT2D eigenvalue weighted by atomic mass is 16.5. The van der Waals surface area contributed by atoms with Crippen LogP contribution >= 0.6 is 0 Å². The fraction of sp³-hybridized carbons (Fsp3) is 0.0455. The van der Waals surface area contributed by atoms with Crippen molar-refractivity contribution in [2.75, 3.05) is 7.11 Å². The summed E-state index contributed by atoms with van der Waals surface area (Å²) in [5.74, 6) is 1.03. The number of carbonyl (C=O) groups is 1. The number of rotatable bonds is 3. The fourth-order valence-electron chi connectivity index (χ4n) is 2.82. The Kier molecular flexibility index (Phi) is 3.82. The summed E-state index contributed by atoms with van der Waals surface area (Å²) >= 11 is 0. The van der Waals surface area contributed by atoms with Gasteiger partial charge in [0.15, 0.2) is 5.78 Å². The summed E-state index contributed by atoms with van der Waals surface area (Å²) in [5, 5.41) is 3.48. The van der Waals surface area contributed by atoms with E-state index < -0.39 is 0 Å². The highest BCUT2D eigenvalue weighted by Crippen LogP contribution is 2.23. The second-order valence-corrected chi connectivity index (χ2v) is 5.76. The van der Waals surface area contributed by atoms with E-state index in [1.807, 2.05) is 60.7 Å². The summed E-state index contributed by atoms with van der Waals surface area (Å²) < 4.78 is 10.3. The molecule has 0 unspecified atom stereocenters. The summed E-state index contributed by atoms with van der Waals surface area (Å²) in [4.78, 5) is 12.3. The first-order valence-electron chi connectivity index (χ1n) is 8.02. The molecular formula is C22H16O3. The van der Waals surface area contributed by atoms with Gasteiger partial charge in [-0.05, 0) is 17.4 Å².